The third kappa shape index (κ3) is 3.47. The molecular weight excluding hydrogens is 346 g/mol. The van der Waals surface area contributed by atoms with Crippen molar-refractivity contribution in [3.63, 3.8) is 0 Å². The van der Waals surface area contributed by atoms with E-state index in [-0.39, 0.29) is 11.3 Å². The Hall–Kier alpha value is -1.85. The van der Waals surface area contributed by atoms with Gasteiger partial charge in [-0.1, -0.05) is 11.6 Å². The Balaban J connectivity index is 1.90. The number of benzene rings is 2. The average molecular weight is 364 g/mol. The van der Waals surface area contributed by atoms with Gasteiger partial charge in [-0.15, -0.1) is 11.8 Å². The summed E-state index contributed by atoms with van der Waals surface area (Å²) in [5.41, 5.74) is 1.64. The summed E-state index contributed by atoms with van der Waals surface area (Å²) in [4.78, 5) is 14.7. The van der Waals surface area contributed by atoms with Crippen LogP contribution in [0.5, 0.6) is 11.5 Å². The number of ether oxygens (including phenoxy) is 2. The quantitative estimate of drug-likeness (QED) is 0.814. The van der Waals surface area contributed by atoms with Crippen LogP contribution in [0.1, 0.15) is 21.3 Å². The summed E-state index contributed by atoms with van der Waals surface area (Å²) in [6.07, 6.45) is 0. The van der Waals surface area contributed by atoms with Crippen LogP contribution in [0.15, 0.2) is 42.5 Å². The molecule has 0 spiro atoms. The van der Waals surface area contributed by atoms with Gasteiger partial charge in [-0.3, -0.25) is 4.79 Å². The van der Waals surface area contributed by atoms with Gasteiger partial charge in [0, 0.05) is 29.0 Å². The predicted octanol–water partition coefficient (Wildman–Crippen LogP) is 4.25. The van der Waals surface area contributed by atoms with E-state index in [4.69, 9.17) is 21.1 Å². The summed E-state index contributed by atoms with van der Waals surface area (Å²) >= 11 is 7.65. The van der Waals surface area contributed by atoms with Gasteiger partial charge in [0.05, 0.1) is 14.2 Å². The summed E-state index contributed by atoms with van der Waals surface area (Å²) < 4.78 is 10.7. The number of hydrogen-bond donors (Lipinski definition) is 0. The van der Waals surface area contributed by atoms with Gasteiger partial charge in [0.25, 0.3) is 5.91 Å². The predicted molar refractivity (Wildman–Crippen MR) is 97.2 cm³/mol. The molecule has 0 aromatic heterocycles. The smallest absolute Gasteiger partial charge is 0.255 e. The maximum atomic E-state index is 12.9. The van der Waals surface area contributed by atoms with Crippen molar-refractivity contribution >= 4 is 29.3 Å². The van der Waals surface area contributed by atoms with Crippen LogP contribution in [0.4, 0.5) is 0 Å². The lowest BCUT2D eigenvalue weighted by Gasteiger charge is -2.25. The molecule has 0 bridgehead atoms. The molecule has 1 fully saturated rings. The van der Waals surface area contributed by atoms with Crippen LogP contribution in [0.2, 0.25) is 5.02 Å². The van der Waals surface area contributed by atoms with Gasteiger partial charge >= 0.3 is 0 Å². The van der Waals surface area contributed by atoms with E-state index in [1.807, 2.05) is 23.1 Å². The fourth-order valence-corrected chi connectivity index (χ4v) is 4.05. The van der Waals surface area contributed by atoms with Crippen molar-refractivity contribution in [2.75, 3.05) is 26.5 Å². The van der Waals surface area contributed by atoms with E-state index < -0.39 is 0 Å². The van der Waals surface area contributed by atoms with Crippen molar-refractivity contribution in [1.82, 2.24) is 4.90 Å². The minimum absolute atomic E-state index is 0.00320. The van der Waals surface area contributed by atoms with Gasteiger partial charge in [-0.05, 0) is 42.0 Å². The van der Waals surface area contributed by atoms with Crippen molar-refractivity contribution < 1.29 is 14.3 Å². The zero-order valence-corrected chi connectivity index (χ0v) is 15.1. The number of thioether (sulfide) groups is 1. The number of methoxy groups -OCH3 is 2. The number of carbonyl (C=O) groups excluding carboxylic acids is 1. The fraction of sp³-hybridized carbons (Fsp3) is 0.278. The molecule has 1 aliphatic rings. The normalized spacial score (nSPS) is 17.0. The number of hydrogen-bond acceptors (Lipinski definition) is 4. The monoisotopic (exact) mass is 363 g/mol. The van der Waals surface area contributed by atoms with E-state index in [1.165, 1.54) is 0 Å². The molecule has 0 aliphatic carbocycles. The van der Waals surface area contributed by atoms with Gasteiger partial charge in [-0.25, -0.2) is 0 Å². The standard InChI is InChI=1S/C18H18ClNO3S/c1-22-15-9-13(10-16(11-15)23-2)18-20(7-8-24-18)17(21)12-3-5-14(19)6-4-12/h3-6,9-11,18H,7-8H2,1-2H3/t18-/m1/s1. The molecule has 1 saturated heterocycles. The molecule has 0 radical (unpaired) electrons. The summed E-state index contributed by atoms with van der Waals surface area (Å²) in [5.74, 6) is 2.33. The second-order valence-electron chi connectivity index (χ2n) is 5.37. The van der Waals surface area contributed by atoms with Gasteiger partial charge < -0.3 is 14.4 Å². The molecule has 1 amide bonds. The Morgan fingerprint density at radius 2 is 1.75 bits per heavy atom. The molecule has 0 saturated carbocycles. The lowest BCUT2D eigenvalue weighted by atomic mass is 10.1. The van der Waals surface area contributed by atoms with Crippen molar-refractivity contribution in [3.05, 3.63) is 58.6 Å². The minimum atomic E-state index is -0.0582. The Morgan fingerprint density at radius 1 is 1.12 bits per heavy atom. The van der Waals surface area contributed by atoms with E-state index in [2.05, 4.69) is 0 Å². The van der Waals surface area contributed by atoms with Crippen molar-refractivity contribution in [2.24, 2.45) is 0 Å². The first-order valence-corrected chi connectivity index (χ1v) is 8.96. The molecule has 2 aromatic carbocycles. The molecule has 24 heavy (non-hydrogen) atoms. The number of nitrogens with zero attached hydrogens (tertiary/aromatic N) is 1. The molecule has 2 aromatic rings. The van der Waals surface area contributed by atoms with Crippen molar-refractivity contribution in [3.8, 4) is 11.5 Å². The Labute approximate surface area is 150 Å². The SMILES string of the molecule is COc1cc(OC)cc([C@H]2SCCN2C(=O)c2ccc(Cl)cc2)c1. The van der Waals surface area contributed by atoms with Crippen LogP contribution in [0, 0.1) is 0 Å². The second kappa shape index (κ2) is 7.36. The van der Waals surface area contributed by atoms with E-state index in [1.54, 1.807) is 50.2 Å². The van der Waals surface area contributed by atoms with Gasteiger partial charge in [-0.2, -0.15) is 0 Å². The van der Waals surface area contributed by atoms with Gasteiger partial charge in [0.1, 0.15) is 16.9 Å². The first kappa shape index (κ1) is 17.0. The minimum Gasteiger partial charge on any atom is -0.497 e. The molecule has 0 unspecified atom stereocenters. The van der Waals surface area contributed by atoms with Gasteiger partial charge in [0.15, 0.2) is 0 Å². The highest BCUT2D eigenvalue weighted by Crippen LogP contribution is 2.41. The van der Waals surface area contributed by atoms with Crippen LogP contribution >= 0.6 is 23.4 Å². The maximum absolute atomic E-state index is 12.9. The third-order valence-electron chi connectivity index (χ3n) is 3.90. The maximum Gasteiger partial charge on any atom is 0.255 e. The topological polar surface area (TPSA) is 38.8 Å². The molecule has 4 nitrogen and oxygen atoms in total. The van der Waals surface area contributed by atoms with Crippen LogP contribution in [0.25, 0.3) is 0 Å². The molecule has 126 valence electrons. The third-order valence-corrected chi connectivity index (χ3v) is 5.41. The summed E-state index contributed by atoms with van der Waals surface area (Å²) in [6.45, 7) is 0.705. The Kier molecular flexibility index (Phi) is 5.21. The van der Waals surface area contributed by atoms with Crippen LogP contribution in [0.3, 0.4) is 0 Å². The van der Waals surface area contributed by atoms with Crippen molar-refractivity contribution in [1.29, 1.82) is 0 Å². The molecule has 1 atom stereocenters. The lowest BCUT2D eigenvalue weighted by molar-refractivity contribution is 0.0760. The zero-order valence-electron chi connectivity index (χ0n) is 13.5. The van der Waals surface area contributed by atoms with E-state index in [9.17, 15) is 4.79 Å². The largest absolute Gasteiger partial charge is 0.497 e. The molecule has 1 aliphatic heterocycles. The number of halogens is 1. The lowest BCUT2D eigenvalue weighted by Crippen LogP contribution is -2.30. The molecule has 6 heteroatoms. The number of carbonyl (C=O) groups is 1. The fourth-order valence-electron chi connectivity index (χ4n) is 2.68. The van der Waals surface area contributed by atoms with E-state index in [0.29, 0.717) is 17.1 Å². The summed E-state index contributed by atoms with van der Waals surface area (Å²) in [6, 6.07) is 12.7. The molecule has 3 rings (SSSR count). The molecular formula is C18H18ClNO3S. The molecule has 0 N–H and O–H groups in total. The highest BCUT2D eigenvalue weighted by atomic mass is 35.5. The Bertz CT molecular complexity index is 713. The first-order valence-electron chi connectivity index (χ1n) is 7.53. The highest BCUT2D eigenvalue weighted by molar-refractivity contribution is 7.99. The summed E-state index contributed by atoms with van der Waals surface area (Å²) in [7, 11) is 3.24. The Morgan fingerprint density at radius 3 is 2.33 bits per heavy atom. The number of rotatable bonds is 4. The number of amides is 1. The second-order valence-corrected chi connectivity index (χ2v) is 7.00. The average Bonchev–Trinajstić information content (AvgIpc) is 3.11. The van der Waals surface area contributed by atoms with Crippen molar-refractivity contribution in [2.45, 2.75) is 5.37 Å². The van der Waals surface area contributed by atoms with Crippen LogP contribution < -0.4 is 9.47 Å². The summed E-state index contributed by atoms with van der Waals surface area (Å²) in [5, 5.41) is 0.564. The van der Waals surface area contributed by atoms with Crippen LogP contribution in [-0.4, -0.2) is 37.3 Å². The van der Waals surface area contributed by atoms with Crippen LogP contribution in [-0.2, 0) is 0 Å². The highest BCUT2D eigenvalue weighted by Gasteiger charge is 2.31. The first-order chi connectivity index (χ1) is 11.6. The van der Waals surface area contributed by atoms with E-state index in [0.717, 1.165) is 22.8 Å². The van der Waals surface area contributed by atoms with E-state index >= 15 is 0 Å². The molecule has 1 heterocycles. The zero-order chi connectivity index (χ0) is 17.1. The van der Waals surface area contributed by atoms with Gasteiger partial charge in [0.2, 0.25) is 0 Å².